The van der Waals surface area contributed by atoms with Crippen LogP contribution in [-0.4, -0.2) is 23.8 Å². The molecule has 0 aliphatic carbocycles. The van der Waals surface area contributed by atoms with Gasteiger partial charge in [0, 0.05) is 13.5 Å². The first-order valence-electron chi connectivity index (χ1n) is 3.41. The molecule has 1 aliphatic heterocycles. The molecular formula is C7H13NO2. The largest absolute Gasteiger partial charge is 0.481 e. The predicted molar refractivity (Wildman–Crippen MR) is 40.5 cm³/mol. The van der Waals surface area contributed by atoms with E-state index in [1.54, 1.807) is 0 Å². The first-order valence-corrected chi connectivity index (χ1v) is 3.41. The van der Waals surface area contributed by atoms with Gasteiger partial charge in [-0.2, -0.15) is 0 Å². The second-order valence-electron chi connectivity index (χ2n) is 2.10. The Morgan fingerprint density at radius 2 is 2.20 bits per heavy atom. The lowest BCUT2D eigenvalue weighted by Crippen LogP contribution is -1.89. The first-order chi connectivity index (χ1) is 4.73. The molecule has 58 valence electrons. The van der Waals surface area contributed by atoms with E-state index in [9.17, 15) is 0 Å². The van der Waals surface area contributed by atoms with Crippen molar-refractivity contribution in [2.75, 3.05) is 6.54 Å². The van der Waals surface area contributed by atoms with E-state index in [0.29, 0.717) is 0 Å². The van der Waals surface area contributed by atoms with Gasteiger partial charge in [-0.15, -0.1) is 0 Å². The van der Waals surface area contributed by atoms with E-state index < -0.39 is 5.97 Å². The lowest BCUT2D eigenvalue weighted by atomic mass is 10.2. The van der Waals surface area contributed by atoms with Crippen LogP contribution in [0, 0.1) is 0 Å². The molecule has 1 aliphatic rings. The van der Waals surface area contributed by atoms with E-state index in [0.717, 1.165) is 13.5 Å². The number of carboxylic acids is 1. The number of hydrogen-bond donors (Lipinski definition) is 1. The minimum atomic E-state index is -0.833. The summed E-state index contributed by atoms with van der Waals surface area (Å²) in [7, 11) is 0. The molecule has 0 aromatic heterocycles. The van der Waals surface area contributed by atoms with Crippen molar-refractivity contribution in [3.63, 3.8) is 0 Å². The average molecular weight is 143 g/mol. The van der Waals surface area contributed by atoms with Crippen molar-refractivity contribution in [3.05, 3.63) is 0 Å². The second-order valence-corrected chi connectivity index (χ2v) is 2.10. The number of aliphatic imine (C=N–C) groups is 1. The van der Waals surface area contributed by atoms with Crippen LogP contribution in [0.15, 0.2) is 4.99 Å². The van der Waals surface area contributed by atoms with Crippen molar-refractivity contribution in [2.45, 2.75) is 26.2 Å². The van der Waals surface area contributed by atoms with Crippen LogP contribution in [0.2, 0.25) is 0 Å². The van der Waals surface area contributed by atoms with Crippen molar-refractivity contribution < 1.29 is 9.90 Å². The molecule has 0 aromatic carbocycles. The predicted octanol–water partition coefficient (Wildman–Crippen LogP) is 1.33. The third kappa shape index (κ3) is 10.2. The lowest BCUT2D eigenvalue weighted by molar-refractivity contribution is -0.134. The average Bonchev–Trinajstić information content (AvgIpc) is 1.90. The maximum absolute atomic E-state index is 9.00. The smallest absolute Gasteiger partial charge is 0.300 e. The molecule has 1 rings (SSSR count). The summed E-state index contributed by atoms with van der Waals surface area (Å²) in [6, 6.07) is 0. The molecule has 1 heterocycles. The van der Waals surface area contributed by atoms with Gasteiger partial charge in [0.05, 0.1) is 0 Å². The molecule has 0 saturated heterocycles. The summed E-state index contributed by atoms with van der Waals surface area (Å²) in [5.41, 5.74) is 0. The van der Waals surface area contributed by atoms with Gasteiger partial charge < -0.3 is 5.11 Å². The van der Waals surface area contributed by atoms with Gasteiger partial charge in [0.2, 0.25) is 0 Å². The molecular weight excluding hydrogens is 130 g/mol. The van der Waals surface area contributed by atoms with E-state index in [4.69, 9.17) is 9.90 Å². The minimum Gasteiger partial charge on any atom is -0.481 e. The number of nitrogens with zero attached hydrogens (tertiary/aromatic N) is 1. The van der Waals surface area contributed by atoms with Crippen molar-refractivity contribution in [1.82, 2.24) is 0 Å². The van der Waals surface area contributed by atoms with Gasteiger partial charge in [-0.3, -0.25) is 9.79 Å². The summed E-state index contributed by atoms with van der Waals surface area (Å²) in [5.74, 6) is -0.833. The van der Waals surface area contributed by atoms with Gasteiger partial charge in [-0.05, 0) is 25.5 Å². The van der Waals surface area contributed by atoms with E-state index >= 15 is 0 Å². The Hall–Kier alpha value is -0.860. The van der Waals surface area contributed by atoms with E-state index in [1.807, 2.05) is 6.21 Å². The highest BCUT2D eigenvalue weighted by Gasteiger charge is 1.88. The normalized spacial score (nSPS) is 15.3. The SMILES string of the molecule is C1=NCCCC1.CC(=O)O. The molecule has 0 aromatic rings. The van der Waals surface area contributed by atoms with E-state index in [2.05, 4.69) is 4.99 Å². The van der Waals surface area contributed by atoms with Gasteiger partial charge in [0.25, 0.3) is 5.97 Å². The van der Waals surface area contributed by atoms with Crippen molar-refractivity contribution in [2.24, 2.45) is 4.99 Å². The number of carbonyl (C=O) groups is 1. The molecule has 3 nitrogen and oxygen atoms in total. The minimum absolute atomic E-state index is 0.833. The molecule has 3 heteroatoms. The van der Waals surface area contributed by atoms with Crippen LogP contribution in [0.4, 0.5) is 0 Å². The summed E-state index contributed by atoms with van der Waals surface area (Å²) in [6.07, 6.45) is 5.88. The highest BCUT2D eigenvalue weighted by molar-refractivity contribution is 5.62. The fraction of sp³-hybridized carbons (Fsp3) is 0.714. The number of hydrogen-bond acceptors (Lipinski definition) is 2. The monoisotopic (exact) mass is 143 g/mol. The molecule has 10 heavy (non-hydrogen) atoms. The maximum atomic E-state index is 9.00. The summed E-state index contributed by atoms with van der Waals surface area (Å²) in [5, 5.41) is 7.42. The zero-order valence-electron chi connectivity index (χ0n) is 6.21. The second kappa shape index (κ2) is 6.26. The quantitative estimate of drug-likeness (QED) is 0.556. The zero-order chi connectivity index (χ0) is 7.82. The molecule has 0 atom stereocenters. The van der Waals surface area contributed by atoms with E-state index in [-0.39, 0.29) is 0 Å². The first kappa shape index (κ1) is 9.14. The van der Waals surface area contributed by atoms with E-state index in [1.165, 1.54) is 19.3 Å². The van der Waals surface area contributed by atoms with Crippen LogP contribution >= 0.6 is 0 Å². The van der Waals surface area contributed by atoms with Gasteiger partial charge in [-0.1, -0.05) is 0 Å². The molecule has 0 amide bonds. The van der Waals surface area contributed by atoms with Gasteiger partial charge in [0.15, 0.2) is 0 Å². The van der Waals surface area contributed by atoms with Crippen LogP contribution in [0.1, 0.15) is 26.2 Å². The van der Waals surface area contributed by atoms with Crippen LogP contribution in [0.25, 0.3) is 0 Å². The summed E-state index contributed by atoms with van der Waals surface area (Å²) >= 11 is 0. The highest BCUT2D eigenvalue weighted by Crippen LogP contribution is 1.97. The fourth-order valence-electron chi connectivity index (χ4n) is 0.621. The molecule has 0 saturated carbocycles. The van der Waals surface area contributed by atoms with Crippen molar-refractivity contribution in [3.8, 4) is 0 Å². The van der Waals surface area contributed by atoms with Crippen LogP contribution in [0.3, 0.4) is 0 Å². The molecule has 0 radical (unpaired) electrons. The standard InChI is InChI=1S/C5H9N.C2H4O2/c1-2-4-6-5-3-1;1-2(3)4/h4H,1-3,5H2;1H3,(H,3,4). The summed E-state index contributed by atoms with van der Waals surface area (Å²) < 4.78 is 0. The Bertz CT molecular complexity index is 109. The third-order valence-electron chi connectivity index (χ3n) is 1.000. The molecule has 0 bridgehead atoms. The molecule has 0 fully saturated rings. The molecule has 1 N–H and O–H groups in total. The molecule has 0 unspecified atom stereocenters. The summed E-state index contributed by atoms with van der Waals surface area (Å²) in [4.78, 5) is 13.1. The summed E-state index contributed by atoms with van der Waals surface area (Å²) in [6.45, 7) is 2.15. The van der Waals surface area contributed by atoms with Crippen LogP contribution in [-0.2, 0) is 4.79 Å². The number of rotatable bonds is 0. The number of aliphatic carboxylic acids is 1. The Morgan fingerprint density at radius 3 is 2.30 bits per heavy atom. The number of carboxylic acid groups (broad SMARTS) is 1. The van der Waals surface area contributed by atoms with Gasteiger partial charge in [-0.25, -0.2) is 0 Å². The highest BCUT2D eigenvalue weighted by atomic mass is 16.4. The fourth-order valence-corrected chi connectivity index (χ4v) is 0.621. The van der Waals surface area contributed by atoms with Crippen molar-refractivity contribution >= 4 is 12.2 Å². The Balaban J connectivity index is 0.000000180. The Labute approximate surface area is 60.8 Å². The van der Waals surface area contributed by atoms with Gasteiger partial charge >= 0.3 is 0 Å². The van der Waals surface area contributed by atoms with Gasteiger partial charge in [0.1, 0.15) is 0 Å². The Morgan fingerprint density at radius 1 is 1.60 bits per heavy atom. The van der Waals surface area contributed by atoms with Crippen LogP contribution in [0.5, 0.6) is 0 Å². The third-order valence-corrected chi connectivity index (χ3v) is 1.000. The molecule has 0 spiro atoms. The van der Waals surface area contributed by atoms with Crippen molar-refractivity contribution in [1.29, 1.82) is 0 Å². The topological polar surface area (TPSA) is 49.7 Å². The maximum Gasteiger partial charge on any atom is 0.300 e. The lowest BCUT2D eigenvalue weighted by Gasteiger charge is -1.97. The van der Waals surface area contributed by atoms with Crippen LogP contribution < -0.4 is 0 Å². The zero-order valence-corrected chi connectivity index (χ0v) is 6.21. The Kier molecular flexibility index (Phi) is 5.72.